The number of nitrogens with zero attached hydrogens (tertiary/aromatic N) is 2. The van der Waals surface area contributed by atoms with Crippen LogP contribution in [0, 0.1) is 23.2 Å². The zero-order valence-corrected chi connectivity index (χ0v) is 12.5. The molecule has 3 atom stereocenters. The van der Waals surface area contributed by atoms with Crippen molar-refractivity contribution < 1.29 is 13.5 Å². The maximum atomic E-state index is 12.8. The topological polar surface area (TPSA) is 81.4 Å². The zero-order chi connectivity index (χ0) is 15.0. The van der Waals surface area contributed by atoms with Crippen molar-refractivity contribution in [3.63, 3.8) is 0 Å². The molecule has 112 valence electrons. The van der Waals surface area contributed by atoms with Crippen molar-refractivity contribution in [2.45, 2.75) is 30.3 Å². The Morgan fingerprint density at radius 1 is 1.19 bits per heavy atom. The minimum atomic E-state index is -3.67. The molecule has 2 bridgehead atoms. The van der Waals surface area contributed by atoms with Crippen LogP contribution in [0.2, 0.25) is 0 Å². The molecule has 1 saturated heterocycles. The fourth-order valence-corrected chi connectivity index (χ4v) is 5.18. The number of fused-ring (bicyclic) bond motifs is 2. The van der Waals surface area contributed by atoms with E-state index in [1.807, 2.05) is 6.07 Å². The third-order valence-electron chi connectivity index (χ3n) is 4.62. The molecule has 1 aromatic carbocycles. The Balaban J connectivity index is 1.95. The van der Waals surface area contributed by atoms with Crippen molar-refractivity contribution in [2.75, 3.05) is 13.1 Å². The summed E-state index contributed by atoms with van der Waals surface area (Å²) in [6, 6.07) is 8.24. The summed E-state index contributed by atoms with van der Waals surface area (Å²) in [4.78, 5) is 0.0713. The number of sulfonamides is 1. The predicted molar refractivity (Wildman–Crippen MR) is 76.8 cm³/mol. The lowest BCUT2D eigenvalue weighted by atomic mass is 9.76. The summed E-state index contributed by atoms with van der Waals surface area (Å²) in [5.74, 6) is 0.0306. The highest BCUT2D eigenvalue weighted by Gasteiger charge is 2.42. The first-order chi connectivity index (χ1) is 10.0. The van der Waals surface area contributed by atoms with Gasteiger partial charge in [-0.05, 0) is 36.8 Å². The number of piperidine rings is 1. The second kappa shape index (κ2) is 5.41. The van der Waals surface area contributed by atoms with Crippen LogP contribution in [0.4, 0.5) is 0 Å². The maximum absolute atomic E-state index is 12.8. The highest BCUT2D eigenvalue weighted by molar-refractivity contribution is 7.89. The highest BCUT2D eigenvalue weighted by Crippen LogP contribution is 2.37. The van der Waals surface area contributed by atoms with Gasteiger partial charge in [-0.25, -0.2) is 8.42 Å². The van der Waals surface area contributed by atoms with Crippen molar-refractivity contribution >= 4 is 10.0 Å². The number of nitriles is 1. The summed E-state index contributed by atoms with van der Waals surface area (Å²) in [5.41, 5.74) is 0.175. The van der Waals surface area contributed by atoms with Gasteiger partial charge in [0.15, 0.2) is 0 Å². The van der Waals surface area contributed by atoms with Crippen LogP contribution in [0.1, 0.15) is 24.8 Å². The molecular formula is C15H18N2O3S. The average Bonchev–Trinajstić information content (AvgIpc) is 2.46. The van der Waals surface area contributed by atoms with Crippen LogP contribution in [0.5, 0.6) is 0 Å². The highest BCUT2D eigenvalue weighted by atomic mass is 32.2. The van der Waals surface area contributed by atoms with Crippen LogP contribution >= 0.6 is 0 Å². The van der Waals surface area contributed by atoms with Gasteiger partial charge in [-0.1, -0.05) is 18.6 Å². The number of hydrogen-bond donors (Lipinski definition) is 1. The van der Waals surface area contributed by atoms with E-state index in [1.165, 1.54) is 16.4 Å². The summed E-state index contributed by atoms with van der Waals surface area (Å²) in [6.07, 6.45) is 2.39. The first kappa shape index (κ1) is 14.5. The molecule has 0 aromatic heterocycles. The average molecular weight is 306 g/mol. The van der Waals surface area contributed by atoms with Crippen LogP contribution in [0.15, 0.2) is 29.2 Å². The molecule has 3 rings (SSSR count). The Kier molecular flexibility index (Phi) is 3.74. The number of rotatable bonds is 2. The Bertz CT molecular complexity index is 666. The second-order valence-electron chi connectivity index (χ2n) is 5.87. The number of aliphatic hydroxyl groups is 1. The molecule has 0 spiro atoms. The SMILES string of the molecule is N#Cc1ccccc1S(=O)(=O)N1C[C@H]2CCC[C@@H](C1)C2O. The molecule has 1 unspecified atom stereocenters. The summed E-state index contributed by atoms with van der Waals surface area (Å²) in [6.45, 7) is 0.694. The quantitative estimate of drug-likeness (QED) is 0.894. The van der Waals surface area contributed by atoms with E-state index in [1.54, 1.807) is 12.1 Å². The largest absolute Gasteiger partial charge is 0.392 e. The number of hydrogen-bond acceptors (Lipinski definition) is 4. The van der Waals surface area contributed by atoms with Crippen LogP contribution in [0.3, 0.4) is 0 Å². The maximum Gasteiger partial charge on any atom is 0.244 e. The first-order valence-electron chi connectivity index (χ1n) is 7.21. The van der Waals surface area contributed by atoms with Crippen molar-refractivity contribution in [2.24, 2.45) is 11.8 Å². The van der Waals surface area contributed by atoms with Gasteiger partial charge in [0.25, 0.3) is 0 Å². The third kappa shape index (κ3) is 2.46. The molecule has 6 heteroatoms. The van der Waals surface area contributed by atoms with E-state index in [-0.39, 0.29) is 22.3 Å². The third-order valence-corrected chi connectivity index (χ3v) is 6.51. The van der Waals surface area contributed by atoms with Crippen molar-refractivity contribution in [3.8, 4) is 6.07 Å². The lowest BCUT2D eigenvalue weighted by molar-refractivity contribution is -0.0269. The van der Waals surface area contributed by atoms with Gasteiger partial charge in [-0.2, -0.15) is 9.57 Å². The second-order valence-corrected chi connectivity index (χ2v) is 7.78. The van der Waals surface area contributed by atoms with Gasteiger partial charge >= 0.3 is 0 Å². The first-order valence-corrected chi connectivity index (χ1v) is 8.65. The van der Waals surface area contributed by atoms with Crippen LogP contribution in [0.25, 0.3) is 0 Å². The molecule has 21 heavy (non-hydrogen) atoms. The van der Waals surface area contributed by atoms with Gasteiger partial charge in [-0.15, -0.1) is 0 Å². The Morgan fingerprint density at radius 3 is 2.43 bits per heavy atom. The molecule has 1 aliphatic carbocycles. The molecule has 1 N–H and O–H groups in total. The molecule has 1 heterocycles. The van der Waals surface area contributed by atoms with Gasteiger partial charge in [-0.3, -0.25) is 0 Å². The van der Waals surface area contributed by atoms with Gasteiger partial charge < -0.3 is 5.11 Å². The van der Waals surface area contributed by atoms with E-state index in [2.05, 4.69) is 0 Å². The lowest BCUT2D eigenvalue weighted by Gasteiger charge is -2.44. The number of benzene rings is 1. The van der Waals surface area contributed by atoms with E-state index in [4.69, 9.17) is 5.26 Å². The van der Waals surface area contributed by atoms with Gasteiger partial charge in [0.05, 0.1) is 16.6 Å². The zero-order valence-electron chi connectivity index (χ0n) is 11.6. The van der Waals surface area contributed by atoms with Crippen LogP contribution in [-0.4, -0.2) is 37.0 Å². The smallest absolute Gasteiger partial charge is 0.244 e. The summed E-state index contributed by atoms with van der Waals surface area (Å²) < 4.78 is 27.0. The van der Waals surface area contributed by atoms with E-state index in [9.17, 15) is 13.5 Å². The molecule has 0 radical (unpaired) electrons. The van der Waals surface area contributed by atoms with Gasteiger partial charge in [0.1, 0.15) is 6.07 Å². The monoisotopic (exact) mass is 306 g/mol. The van der Waals surface area contributed by atoms with E-state index < -0.39 is 16.1 Å². The molecular weight excluding hydrogens is 288 g/mol. The normalized spacial score (nSPS) is 29.8. The minimum Gasteiger partial charge on any atom is -0.392 e. The lowest BCUT2D eigenvalue weighted by Crippen LogP contribution is -2.53. The molecule has 2 fully saturated rings. The summed E-state index contributed by atoms with van der Waals surface area (Å²) >= 11 is 0. The van der Waals surface area contributed by atoms with Crippen LogP contribution < -0.4 is 0 Å². The van der Waals surface area contributed by atoms with Crippen LogP contribution in [-0.2, 0) is 10.0 Å². The molecule has 5 nitrogen and oxygen atoms in total. The summed E-state index contributed by atoms with van der Waals surface area (Å²) in [5, 5.41) is 19.3. The molecule has 1 aliphatic heterocycles. The molecule has 2 aliphatic rings. The number of aliphatic hydroxyl groups excluding tert-OH is 1. The van der Waals surface area contributed by atoms with Crippen molar-refractivity contribution in [1.82, 2.24) is 4.31 Å². The van der Waals surface area contributed by atoms with E-state index in [0.717, 1.165) is 19.3 Å². The molecule has 0 amide bonds. The van der Waals surface area contributed by atoms with Gasteiger partial charge in [0.2, 0.25) is 10.0 Å². The van der Waals surface area contributed by atoms with E-state index in [0.29, 0.717) is 13.1 Å². The van der Waals surface area contributed by atoms with E-state index >= 15 is 0 Å². The fraction of sp³-hybridized carbons (Fsp3) is 0.533. The summed E-state index contributed by atoms with van der Waals surface area (Å²) in [7, 11) is -3.67. The predicted octanol–water partition coefficient (Wildman–Crippen LogP) is 1.34. The van der Waals surface area contributed by atoms with Crippen molar-refractivity contribution in [3.05, 3.63) is 29.8 Å². The Labute approximate surface area is 124 Å². The van der Waals surface area contributed by atoms with Gasteiger partial charge in [0, 0.05) is 13.1 Å². The Morgan fingerprint density at radius 2 is 1.81 bits per heavy atom. The minimum absolute atomic E-state index is 0.0153. The fourth-order valence-electron chi connectivity index (χ4n) is 3.48. The standard InChI is InChI=1S/C15H18N2O3S/c16-8-11-4-1-2-7-14(11)21(19,20)17-9-12-5-3-6-13(10-17)15(12)18/h1-2,4,7,12-13,15,18H,3,5-6,9-10H2/t12-,13+,15?. The van der Waals surface area contributed by atoms with Crippen molar-refractivity contribution in [1.29, 1.82) is 5.26 Å². The molecule has 1 saturated carbocycles. The Hall–Kier alpha value is -1.42. The molecule has 1 aromatic rings.